The second kappa shape index (κ2) is 8.33. The van der Waals surface area contributed by atoms with Gasteiger partial charge in [0.2, 0.25) is 5.90 Å². The van der Waals surface area contributed by atoms with Gasteiger partial charge in [0.1, 0.15) is 0 Å². The molecule has 130 valence electrons. The fourth-order valence-electron chi connectivity index (χ4n) is 2.20. The average Bonchev–Trinajstić information content (AvgIpc) is 2.81. The Morgan fingerprint density at radius 1 is 1.42 bits per heavy atom. The van der Waals surface area contributed by atoms with Crippen LogP contribution in [-0.4, -0.2) is 41.5 Å². The molecule has 0 amide bonds. The summed E-state index contributed by atoms with van der Waals surface area (Å²) in [5, 5.41) is 0. The minimum atomic E-state index is -0.407. The first-order chi connectivity index (χ1) is 11.3. The molecule has 1 aromatic rings. The second-order valence-corrected chi connectivity index (χ2v) is 8.16. The van der Waals surface area contributed by atoms with Gasteiger partial charge in [-0.05, 0) is 55.5 Å². The zero-order chi connectivity index (χ0) is 17.7. The number of carbonyl (C=O) groups is 2. The highest BCUT2D eigenvalue weighted by molar-refractivity contribution is 14.1. The maximum absolute atomic E-state index is 11.9. The smallest absolute Gasteiger partial charge is 0.345 e. The number of hydrogen-bond donors (Lipinski definition) is 0. The number of benzene rings is 1. The average molecular weight is 461 g/mol. The van der Waals surface area contributed by atoms with E-state index in [1.807, 2.05) is 26.0 Å². The van der Waals surface area contributed by atoms with Crippen LogP contribution in [0, 0.1) is 3.57 Å². The van der Waals surface area contributed by atoms with Gasteiger partial charge in [-0.25, -0.2) is 9.79 Å². The maximum Gasteiger partial charge on any atom is 0.345 e. The Bertz CT molecular complexity index is 673. The summed E-state index contributed by atoms with van der Waals surface area (Å²) >= 11 is 3.82. The van der Waals surface area contributed by atoms with E-state index >= 15 is 0 Å². The van der Waals surface area contributed by atoms with Gasteiger partial charge in [-0.2, -0.15) is 11.8 Å². The van der Waals surface area contributed by atoms with Gasteiger partial charge in [0.25, 0.3) is 0 Å². The van der Waals surface area contributed by atoms with Crippen molar-refractivity contribution in [3.05, 3.63) is 32.9 Å². The molecule has 7 heteroatoms. The first-order valence-electron chi connectivity index (χ1n) is 7.68. The van der Waals surface area contributed by atoms with Crippen LogP contribution in [0.15, 0.2) is 23.2 Å². The van der Waals surface area contributed by atoms with Gasteiger partial charge in [0.15, 0.2) is 0 Å². The van der Waals surface area contributed by atoms with Crippen LogP contribution in [0.4, 0.5) is 0 Å². The molecule has 2 rings (SSSR count). The molecule has 0 saturated heterocycles. The number of carbonyl (C=O) groups excluding carboxylic acids is 2. The molecule has 0 unspecified atom stereocenters. The third-order valence-corrected chi connectivity index (χ3v) is 5.55. The summed E-state index contributed by atoms with van der Waals surface area (Å²) in [5.74, 6) is 1.25. The van der Waals surface area contributed by atoms with Gasteiger partial charge in [-0.1, -0.05) is 6.07 Å². The zero-order valence-electron chi connectivity index (χ0n) is 13.9. The van der Waals surface area contributed by atoms with Crippen molar-refractivity contribution >= 4 is 52.2 Å². The summed E-state index contributed by atoms with van der Waals surface area (Å²) in [4.78, 5) is 27.9. The Hall–Kier alpha value is -1.09. The number of esters is 2. The van der Waals surface area contributed by atoms with Gasteiger partial charge < -0.3 is 9.47 Å². The Labute approximate surface area is 159 Å². The summed E-state index contributed by atoms with van der Waals surface area (Å²) in [5.41, 5.74) is 0.925. The summed E-state index contributed by atoms with van der Waals surface area (Å²) < 4.78 is 11.2. The molecule has 0 spiro atoms. The SMILES string of the molecule is CCOC(=O)CCSCC(C)(C)N=C1OC(=O)c2cccc(I)c21. The van der Waals surface area contributed by atoms with Crippen molar-refractivity contribution in [2.75, 3.05) is 18.1 Å². The highest BCUT2D eigenvalue weighted by Crippen LogP contribution is 2.28. The lowest BCUT2D eigenvalue weighted by Gasteiger charge is -2.19. The van der Waals surface area contributed by atoms with Crippen molar-refractivity contribution in [1.82, 2.24) is 0 Å². The van der Waals surface area contributed by atoms with Gasteiger partial charge in [0, 0.05) is 15.1 Å². The largest absolute Gasteiger partial charge is 0.466 e. The number of hydrogen-bond acceptors (Lipinski definition) is 6. The fraction of sp³-hybridized carbons (Fsp3) is 0.471. The Morgan fingerprint density at radius 3 is 2.88 bits per heavy atom. The van der Waals surface area contributed by atoms with E-state index in [1.165, 1.54) is 0 Å². The Kier molecular flexibility index (Phi) is 6.68. The van der Waals surface area contributed by atoms with E-state index in [4.69, 9.17) is 9.47 Å². The molecule has 24 heavy (non-hydrogen) atoms. The van der Waals surface area contributed by atoms with Crippen LogP contribution in [0.3, 0.4) is 0 Å². The van der Waals surface area contributed by atoms with Crippen molar-refractivity contribution in [2.45, 2.75) is 32.7 Å². The lowest BCUT2D eigenvalue weighted by Crippen LogP contribution is -2.24. The highest BCUT2D eigenvalue weighted by Gasteiger charge is 2.32. The highest BCUT2D eigenvalue weighted by atomic mass is 127. The van der Waals surface area contributed by atoms with Crippen LogP contribution in [0.25, 0.3) is 0 Å². The van der Waals surface area contributed by atoms with Gasteiger partial charge >= 0.3 is 11.9 Å². The molecule has 1 aliphatic heterocycles. The van der Waals surface area contributed by atoms with Crippen LogP contribution in [0.1, 0.15) is 43.1 Å². The first-order valence-corrected chi connectivity index (χ1v) is 9.91. The first kappa shape index (κ1) is 19.2. The number of aliphatic imine (C=N–C) groups is 1. The molecule has 5 nitrogen and oxygen atoms in total. The third-order valence-electron chi connectivity index (χ3n) is 3.25. The van der Waals surface area contributed by atoms with Gasteiger partial charge in [-0.3, -0.25) is 4.79 Å². The summed E-state index contributed by atoms with van der Waals surface area (Å²) in [6, 6.07) is 5.52. The molecule has 0 bridgehead atoms. The van der Waals surface area contributed by atoms with E-state index in [-0.39, 0.29) is 11.9 Å². The van der Waals surface area contributed by atoms with E-state index in [0.29, 0.717) is 36.0 Å². The number of fused-ring (bicyclic) bond motifs is 1. The van der Waals surface area contributed by atoms with E-state index in [9.17, 15) is 9.59 Å². The number of ether oxygens (including phenoxy) is 2. The molecule has 0 atom stereocenters. The molecule has 1 heterocycles. The van der Waals surface area contributed by atoms with Crippen LogP contribution in [0.5, 0.6) is 0 Å². The fourth-order valence-corrected chi connectivity index (χ4v) is 3.95. The molecular formula is C17H20INO4S. The number of halogens is 1. The molecule has 0 aromatic heterocycles. The van der Waals surface area contributed by atoms with E-state index < -0.39 is 5.54 Å². The van der Waals surface area contributed by atoms with Crippen LogP contribution < -0.4 is 0 Å². The van der Waals surface area contributed by atoms with Crippen molar-refractivity contribution in [3.63, 3.8) is 0 Å². The van der Waals surface area contributed by atoms with Crippen molar-refractivity contribution in [3.8, 4) is 0 Å². The maximum atomic E-state index is 11.9. The Morgan fingerprint density at radius 2 is 2.17 bits per heavy atom. The lowest BCUT2D eigenvalue weighted by molar-refractivity contribution is -0.142. The second-order valence-electron chi connectivity index (χ2n) is 5.89. The molecule has 0 aliphatic carbocycles. The van der Waals surface area contributed by atoms with Crippen molar-refractivity contribution in [2.24, 2.45) is 4.99 Å². The quantitative estimate of drug-likeness (QED) is 0.352. The topological polar surface area (TPSA) is 65.0 Å². The summed E-state index contributed by atoms with van der Waals surface area (Å²) in [6.45, 7) is 6.18. The minimum Gasteiger partial charge on any atom is -0.466 e. The summed E-state index contributed by atoms with van der Waals surface area (Å²) in [6.07, 6.45) is 0.390. The van der Waals surface area contributed by atoms with E-state index in [0.717, 1.165) is 9.13 Å². The molecular weight excluding hydrogens is 441 g/mol. The van der Waals surface area contributed by atoms with Crippen molar-refractivity contribution < 1.29 is 19.1 Å². The molecule has 1 aromatic carbocycles. The van der Waals surface area contributed by atoms with Crippen LogP contribution >= 0.6 is 34.4 Å². The Balaban J connectivity index is 2.00. The number of thioether (sulfide) groups is 1. The molecule has 1 aliphatic rings. The number of nitrogens with zero attached hydrogens (tertiary/aromatic N) is 1. The zero-order valence-corrected chi connectivity index (χ0v) is 16.9. The van der Waals surface area contributed by atoms with Crippen LogP contribution in [-0.2, 0) is 14.3 Å². The molecule has 0 radical (unpaired) electrons. The minimum absolute atomic E-state index is 0.178. The lowest BCUT2D eigenvalue weighted by atomic mass is 10.1. The summed E-state index contributed by atoms with van der Waals surface area (Å²) in [7, 11) is 0. The van der Waals surface area contributed by atoms with Gasteiger partial charge in [-0.15, -0.1) is 0 Å². The number of rotatable bonds is 7. The van der Waals surface area contributed by atoms with E-state index in [1.54, 1.807) is 24.8 Å². The predicted octanol–water partition coefficient (Wildman–Crippen LogP) is 3.67. The van der Waals surface area contributed by atoms with Crippen molar-refractivity contribution in [1.29, 1.82) is 0 Å². The predicted molar refractivity (Wildman–Crippen MR) is 104 cm³/mol. The van der Waals surface area contributed by atoms with E-state index in [2.05, 4.69) is 27.6 Å². The molecule has 0 N–H and O–H groups in total. The normalized spacial score (nSPS) is 15.3. The van der Waals surface area contributed by atoms with Gasteiger partial charge in [0.05, 0.1) is 29.7 Å². The molecule has 0 saturated carbocycles. The van der Waals surface area contributed by atoms with Crippen LogP contribution in [0.2, 0.25) is 0 Å². The molecule has 0 fully saturated rings. The third kappa shape index (κ3) is 4.95. The number of cyclic esters (lactones) is 1. The standard InChI is InChI=1S/C17H20INO4S/c1-4-22-13(20)8-9-24-10-17(2,3)19-15-14-11(16(21)23-15)6-5-7-12(14)18/h5-7H,4,8-10H2,1-3H3. The monoisotopic (exact) mass is 461 g/mol.